The van der Waals surface area contributed by atoms with Crippen molar-refractivity contribution in [3.05, 3.63) is 18.1 Å². The summed E-state index contributed by atoms with van der Waals surface area (Å²) in [6, 6.07) is 2.66. The maximum absolute atomic E-state index is 12.6. The molecule has 1 aromatic heterocycles. The number of carbonyl (C=O) groups excluding carboxylic acids is 1. The molecule has 1 aromatic rings. The Morgan fingerprint density at radius 1 is 1.16 bits per heavy atom. The van der Waals surface area contributed by atoms with E-state index in [2.05, 4.69) is 39.8 Å². The van der Waals surface area contributed by atoms with Crippen molar-refractivity contribution in [1.82, 2.24) is 19.8 Å². The lowest BCUT2D eigenvalue weighted by Gasteiger charge is -2.36. The first-order valence-corrected chi connectivity index (χ1v) is 9.71. The minimum absolute atomic E-state index is 0.315. The van der Waals surface area contributed by atoms with Crippen molar-refractivity contribution in [1.29, 1.82) is 0 Å². The van der Waals surface area contributed by atoms with Crippen LogP contribution in [0.4, 0.5) is 5.82 Å². The Balaban J connectivity index is 1.45. The summed E-state index contributed by atoms with van der Waals surface area (Å²) in [6.07, 6.45) is 8.09. The average Bonchev–Trinajstić information content (AvgIpc) is 2.67. The van der Waals surface area contributed by atoms with Crippen LogP contribution < -0.4 is 4.90 Å². The zero-order valence-electron chi connectivity index (χ0n) is 15.7. The molecule has 2 saturated heterocycles. The summed E-state index contributed by atoms with van der Waals surface area (Å²) in [6.45, 7) is 6.59. The minimum Gasteiger partial charge on any atom is -0.353 e. The molecular formula is C19H31N5O. The molecule has 2 fully saturated rings. The Kier molecular flexibility index (Phi) is 6.24. The van der Waals surface area contributed by atoms with E-state index in [4.69, 9.17) is 0 Å². The number of piperazine rings is 1. The maximum Gasteiger partial charge on any atom is 0.222 e. The third-order valence-corrected chi connectivity index (χ3v) is 5.64. The molecule has 6 nitrogen and oxygen atoms in total. The van der Waals surface area contributed by atoms with Gasteiger partial charge in [0.2, 0.25) is 5.91 Å². The molecule has 3 rings (SSSR count). The van der Waals surface area contributed by atoms with Crippen molar-refractivity contribution in [2.45, 2.75) is 51.5 Å². The van der Waals surface area contributed by atoms with Crippen molar-refractivity contribution in [2.24, 2.45) is 0 Å². The first-order chi connectivity index (χ1) is 12.2. The van der Waals surface area contributed by atoms with E-state index in [-0.39, 0.29) is 0 Å². The van der Waals surface area contributed by atoms with Crippen molar-refractivity contribution in [3.8, 4) is 0 Å². The van der Waals surface area contributed by atoms with Crippen LogP contribution in [0.3, 0.4) is 0 Å². The molecule has 2 aliphatic heterocycles. The van der Waals surface area contributed by atoms with Crippen LogP contribution in [-0.2, 0) is 11.2 Å². The fourth-order valence-electron chi connectivity index (χ4n) is 3.89. The van der Waals surface area contributed by atoms with Crippen LogP contribution in [0, 0.1) is 0 Å². The number of anilines is 1. The molecule has 0 aliphatic carbocycles. The minimum atomic E-state index is 0.315. The largest absolute Gasteiger partial charge is 0.353 e. The van der Waals surface area contributed by atoms with Gasteiger partial charge < -0.3 is 14.7 Å². The SMILES string of the molecule is CCc1cc(N2CCN(C(=O)CCC3CCCCN3C)CC2)ncn1. The van der Waals surface area contributed by atoms with Gasteiger partial charge in [0.25, 0.3) is 0 Å². The van der Waals surface area contributed by atoms with E-state index in [9.17, 15) is 4.79 Å². The van der Waals surface area contributed by atoms with Gasteiger partial charge in [0.15, 0.2) is 0 Å². The lowest BCUT2D eigenvalue weighted by molar-refractivity contribution is -0.131. The van der Waals surface area contributed by atoms with Gasteiger partial charge in [-0.1, -0.05) is 13.3 Å². The van der Waals surface area contributed by atoms with Crippen LogP contribution >= 0.6 is 0 Å². The summed E-state index contributed by atoms with van der Waals surface area (Å²) in [5.41, 5.74) is 1.07. The number of nitrogens with zero attached hydrogens (tertiary/aromatic N) is 5. The third-order valence-electron chi connectivity index (χ3n) is 5.64. The Labute approximate surface area is 151 Å². The van der Waals surface area contributed by atoms with E-state index in [1.54, 1.807) is 6.33 Å². The topological polar surface area (TPSA) is 52.6 Å². The average molecular weight is 345 g/mol. The van der Waals surface area contributed by atoms with Crippen LogP contribution in [0.1, 0.15) is 44.7 Å². The number of hydrogen-bond acceptors (Lipinski definition) is 5. The van der Waals surface area contributed by atoms with Crippen molar-refractivity contribution < 1.29 is 4.79 Å². The Morgan fingerprint density at radius 3 is 2.68 bits per heavy atom. The van der Waals surface area contributed by atoms with Gasteiger partial charge in [-0.2, -0.15) is 0 Å². The molecule has 0 bridgehead atoms. The summed E-state index contributed by atoms with van der Waals surface area (Å²) in [7, 11) is 2.19. The number of carbonyl (C=O) groups is 1. The van der Waals surface area contributed by atoms with E-state index >= 15 is 0 Å². The van der Waals surface area contributed by atoms with Crippen LogP contribution in [0.15, 0.2) is 12.4 Å². The fraction of sp³-hybridized carbons (Fsp3) is 0.737. The van der Waals surface area contributed by atoms with Gasteiger partial charge in [0.1, 0.15) is 12.1 Å². The van der Waals surface area contributed by atoms with Crippen LogP contribution in [0.5, 0.6) is 0 Å². The van der Waals surface area contributed by atoms with Crippen molar-refractivity contribution in [2.75, 3.05) is 44.7 Å². The summed E-state index contributed by atoms with van der Waals surface area (Å²) in [5.74, 6) is 1.30. The highest BCUT2D eigenvalue weighted by atomic mass is 16.2. The van der Waals surface area contributed by atoms with Gasteiger partial charge in [0, 0.05) is 50.4 Å². The zero-order chi connectivity index (χ0) is 17.6. The highest BCUT2D eigenvalue weighted by Gasteiger charge is 2.24. The molecule has 1 unspecified atom stereocenters. The Bertz CT molecular complexity index is 571. The highest BCUT2D eigenvalue weighted by molar-refractivity contribution is 5.76. The number of aromatic nitrogens is 2. The number of piperidine rings is 1. The maximum atomic E-state index is 12.6. The molecule has 0 saturated carbocycles. The van der Waals surface area contributed by atoms with E-state index < -0.39 is 0 Å². The third kappa shape index (κ3) is 4.69. The Hall–Kier alpha value is -1.69. The molecular weight excluding hydrogens is 314 g/mol. The van der Waals surface area contributed by atoms with E-state index in [0.717, 1.165) is 50.5 Å². The first-order valence-electron chi connectivity index (χ1n) is 9.71. The molecule has 1 atom stereocenters. The summed E-state index contributed by atoms with van der Waals surface area (Å²) < 4.78 is 0. The Morgan fingerprint density at radius 2 is 1.96 bits per heavy atom. The first kappa shape index (κ1) is 18.1. The van der Waals surface area contributed by atoms with E-state index in [1.807, 2.05) is 4.90 Å². The second-order valence-corrected chi connectivity index (χ2v) is 7.26. The summed E-state index contributed by atoms with van der Waals surface area (Å²) in [5, 5.41) is 0. The second-order valence-electron chi connectivity index (χ2n) is 7.26. The molecule has 138 valence electrons. The van der Waals surface area contributed by atoms with Gasteiger partial charge >= 0.3 is 0 Å². The molecule has 2 aliphatic rings. The van der Waals surface area contributed by atoms with Crippen molar-refractivity contribution >= 4 is 11.7 Å². The lowest BCUT2D eigenvalue weighted by Crippen LogP contribution is -2.49. The van der Waals surface area contributed by atoms with Crippen molar-refractivity contribution in [3.63, 3.8) is 0 Å². The van der Waals surface area contributed by atoms with Crippen LogP contribution in [0.25, 0.3) is 0 Å². The molecule has 1 amide bonds. The lowest BCUT2D eigenvalue weighted by atomic mass is 9.98. The monoisotopic (exact) mass is 345 g/mol. The molecule has 0 N–H and O–H groups in total. The molecule has 3 heterocycles. The molecule has 6 heteroatoms. The summed E-state index contributed by atoms with van der Waals surface area (Å²) >= 11 is 0. The van der Waals surface area contributed by atoms with E-state index in [0.29, 0.717) is 18.4 Å². The second kappa shape index (κ2) is 8.61. The molecule has 0 spiro atoms. The fourth-order valence-corrected chi connectivity index (χ4v) is 3.89. The number of amides is 1. The molecule has 0 radical (unpaired) electrons. The quantitative estimate of drug-likeness (QED) is 0.816. The highest BCUT2D eigenvalue weighted by Crippen LogP contribution is 2.20. The number of hydrogen-bond donors (Lipinski definition) is 0. The van der Waals surface area contributed by atoms with Crippen LogP contribution in [-0.4, -0.2) is 71.5 Å². The van der Waals surface area contributed by atoms with Gasteiger partial charge in [-0.25, -0.2) is 9.97 Å². The summed E-state index contributed by atoms with van der Waals surface area (Å²) in [4.78, 5) is 27.9. The van der Waals surface area contributed by atoms with Crippen LogP contribution in [0.2, 0.25) is 0 Å². The number of aryl methyl sites for hydroxylation is 1. The smallest absolute Gasteiger partial charge is 0.222 e. The molecule has 25 heavy (non-hydrogen) atoms. The van der Waals surface area contributed by atoms with Gasteiger partial charge in [-0.3, -0.25) is 4.79 Å². The van der Waals surface area contributed by atoms with Gasteiger partial charge in [0.05, 0.1) is 0 Å². The predicted octanol–water partition coefficient (Wildman–Crippen LogP) is 1.95. The van der Waals surface area contributed by atoms with Gasteiger partial charge in [-0.15, -0.1) is 0 Å². The van der Waals surface area contributed by atoms with Gasteiger partial charge in [-0.05, 0) is 39.3 Å². The number of rotatable bonds is 5. The van der Waals surface area contributed by atoms with E-state index in [1.165, 1.54) is 25.8 Å². The standard InChI is InChI=1S/C19H31N5O/c1-3-16-14-18(21-15-20-16)23-10-12-24(13-11-23)19(25)8-7-17-6-4-5-9-22(17)2/h14-15,17H,3-13H2,1-2H3. The predicted molar refractivity (Wildman–Crippen MR) is 99.7 cm³/mol. The zero-order valence-corrected chi connectivity index (χ0v) is 15.7. The molecule has 0 aromatic carbocycles. The normalized spacial score (nSPS) is 22.2. The number of likely N-dealkylation sites (tertiary alicyclic amines) is 1.